The van der Waals surface area contributed by atoms with Crippen LogP contribution in [0.4, 0.5) is 0 Å². The number of nitriles is 1. The van der Waals surface area contributed by atoms with Crippen molar-refractivity contribution in [1.29, 1.82) is 5.26 Å². The molecule has 7 rings (SSSR count). The van der Waals surface area contributed by atoms with Crippen LogP contribution >= 0.6 is 0 Å². The van der Waals surface area contributed by atoms with Gasteiger partial charge < -0.3 is 61.6 Å². The van der Waals surface area contributed by atoms with Gasteiger partial charge >= 0.3 is 47.8 Å². The van der Waals surface area contributed by atoms with E-state index in [4.69, 9.17) is 66.8 Å². The Morgan fingerprint density at radius 2 is 0.611 bits per heavy atom. The Kier molecular flexibility index (Phi) is 31.9. The average molecular weight is 1300 g/mol. The molecule has 0 saturated carbocycles. The number of methoxy groups -OCH3 is 1. The van der Waals surface area contributed by atoms with Gasteiger partial charge in [-0.1, -0.05) is 26.3 Å². The molecule has 0 aliphatic heterocycles. The van der Waals surface area contributed by atoms with Gasteiger partial charge in [0, 0.05) is 50.0 Å². The van der Waals surface area contributed by atoms with E-state index in [0.717, 1.165) is 24.3 Å². The molecule has 0 radical (unpaired) electrons. The molecule has 22 nitrogen and oxygen atoms in total. The Labute approximate surface area is 549 Å². The minimum Gasteiger partial charge on any atom is -0.497 e. The lowest BCUT2D eigenvalue weighted by atomic mass is 10.2. The number of rotatable bonds is 33. The third-order valence-electron chi connectivity index (χ3n) is 12.3. The lowest BCUT2D eigenvalue weighted by Gasteiger charge is -2.11. The zero-order chi connectivity index (χ0) is 68.6. The van der Waals surface area contributed by atoms with E-state index >= 15 is 0 Å². The number of hydrogen-bond donors (Lipinski definition) is 0. The van der Waals surface area contributed by atoms with E-state index in [1.165, 1.54) is 6.07 Å². The molecule has 0 N–H and O–H groups in total. The van der Waals surface area contributed by atoms with E-state index < -0.39 is 47.8 Å². The van der Waals surface area contributed by atoms with Gasteiger partial charge in [-0.25, -0.2) is 38.4 Å². The molecule has 0 aliphatic rings. The van der Waals surface area contributed by atoms with Crippen molar-refractivity contribution in [3.63, 3.8) is 0 Å². The second-order valence-corrected chi connectivity index (χ2v) is 19.2. The Balaban J connectivity index is 0.000000272. The molecule has 0 saturated heterocycles. The van der Waals surface area contributed by atoms with Gasteiger partial charge in [0.2, 0.25) is 0 Å². The third-order valence-corrected chi connectivity index (χ3v) is 12.3. The van der Waals surface area contributed by atoms with Crippen LogP contribution in [0.3, 0.4) is 0 Å². The van der Waals surface area contributed by atoms with Crippen molar-refractivity contribution in [1.82, 2.24) is 0 Å². The molecule has 7 aromatic rings. The Hall–Kier alpha value is -12.3. The molecule has 0 aliphatic carbocycles. The fourth-order valence-corrected chi connectivity index (χ4v) is 7.37. The Morgan fingerprint density at radius 1 is 0.347 bits per heavy atom. The second kappa shape index (κ2) is 41.2. The highest BCUT2D eigenvalue weighted by atomic mass is 16.6. The molecular formula is C73H69NO21. The first kappa shape index (κ1) is 73.5. The minimum atomic E-state index is -0.563. The fourth-order valence-electron chi connectivity index (χ4n) is 7.37. The van der Waals surface area contributed by atoms with Gasteiger partial charge in [0.05, 0.1) is 93.9 Å². The predicted octanol–water partition coefficient (Wildman–Crippen LogP) is 12.1. The summed E-state index contributed by atoms with van der Waals surface area (Å²) >= 11 is 0. The van der Waals surface area contributed by atoms with Crippen molar-refractivity contribution in [2.75, 3.05) is 60.0 Å². The molecule has 0 amide bonds. The van der Waals surface area contributed by atoms with Crippen LogP contribution in [0.15, 0.2) is 214 Å². The van der Waals surface area contributed by atoms with E-state index in [2.05, 4.69) is 26.3 Å². The number of nitrogens with zero attached hydrogens (tertiary/aromatic N) is 1. The molecule has 0 bridgehead atoms. The minimum absolute atomic E-state index is 0.218. The molecule has 95 heavy (non-hydrogen) atoms. The summed E-state index contributed by atoms with van der Waals surface area (Å²) in [5, 5.41) is 8.75. The molecular weight excluding hydrogens is 1230 g/mol. The lowest BCUT2D eigenvalue weighted by Crippen LogP contribution is -2.11. The van der Waals surface area contributed by atoms with Gasteiger partial charge in [-0.3, -0.25) is 0 Å². The highest BCUT2D eigenvalue weighted by molar-refractivity contribution is 5.93. The van der Waals surface area contributed by atoms with E-state index in [1.54, 1.807) is 172 Å². The molecule has 7 aromatic carbocycles. The molecule has 0 unspecified atom stereocenters. The Morgan fingerprint density at radius 3 is 0.895 bits per heavy atom. The summed E-state index contributed by atoms with van der Waals surface area (Å²) in [4.78, 5) is 93.2. The van der Waals surface area contributed by atoms with Crippen LogP contribution in [-0.2, 0) is 38.1 Å². The monoisotopic (exact) mass is 1300 g/mol. The van der Waals surface area contributed by atoms with E-state index in [0.29, 0.717) is 131 Å². The van der Waals surface area contributed by atoms with E-state index in [-0.39, 0.29) is 32.2 Å². The number of carbonyl (C=O) groups excluding carboxylic acids is 8. The van der Waals surface area contributed by atoms with Gasteiger partial charge in [0.1, 0.15) is 51.7 Å². The lowest BCUT2D eigenvalue weighted by molar-refractivity contribution is -0.138. The molecule has 22 heteroatoms. The maximum atomic E-state index is 12.6. The summed E-state index contributed by atoms with van der Waals surface area (Å²) in [6, 6.07) is 45.7. The van der Waals surface area contributed by atoms with Crippen LogP contribution in [-0.4, -0.2) is 108 Å². The standard InChI is InChI=1S/C33H32O10.C20H17NO5.C20H20O6/c1-4-30(34)40-20-6-18-38-26-12-8-24(9-13-26)32(36)42-28-16-17-29(23(3)22-28)43-33(37)25-10-14-27(15-11-25)39-19-7-21-41-31(35)5-2;1-2-19(22)25-13-3-12-24-17-10-6-16(7-11-17)20(23)26-18-8-4-15(14-21)5-9-18;1-3-19(21)25-14-4-13-24-17-7-5-15(6-8-17)20(22)26-18-11-9-16(23-2)10-12-18/h4-5,8-17,22H,1-2,6-7,18-21H2,3H3;2,4-11H,1,3,12-13H2;3,5-12H,1,4,13-14H2,2H3. The topological polar surface area (TPSA) is 280 Å². The molecule has 492 valence electrons. The van der Waals surface area contributed by atoms with Crippen LogP contribution in [0.25, 0.3) is 0 Å². The van der Waals surface area contributed by atoms with Crippen molar-refractivity contribution in [2.45, 2.75) is 32.6 Å². The number of aryl methyl sites for hydroxylation is 1. The van der Waals surface area contributed by atoms with Gasteiger partial charge in [-0.15, -0.1) is 0 Å². The van der Waals surface area contributed by atoms with Crippen LogP contribution in [0, 0.1) is 18.3 Å². The van der Waals surface area contributed by atoms with Crippen molar-refractivity contribution in [2.24, 2.45) is 0 Å². The van der Waals surface area contributed by atoms with Crippen LogP contribution in [0.1, 0.15) is 78.2 Å². The molecule has 0 heterocycles. The van der Waals surface area contributed by atoms with E-state index in [1.807, 2.05) is 6.07 Å². The normalized spacial score (nSPS) is 9.95. The van der Waals surface area contributed by atoms with Gasteiger partial charge in [0.25, 0.3) is 0 Å². The summed E-state index contributed by atoms with van der Waals surface area (Å²) < 4.78 is 68.2. The van der Waals surface area contributed by atoms with Crippen LogP contribution < -0.4 is 42.6 Å². The molecule has 0 atom stereocenters. The maximum Gasteiger partial charge on any atom is 0.343 e. The van der Waals surface area contributed by atoms with Gasteiger partial charge in [-0.05, 0) is 176 Å². The molecule has 0 aromatic heterocycles. The maximum absolute atomic E-state index is 12.6. The summed E-state index contributed by atoms with van der Waals surface area (Å²) in [6.45, 7) is 17.4. The zero-order valence-electron chi connectivity index (χ0n) is 52.2. The first-order valence-corrected chi connectivity index (χ1v) is 29.2. The van der Waals surface area contributed by atoms with Crippen LogP contribution in [0.2, 0.25) is 0 Å². The summed E-state index contributed by atoms with van der Waals surface area (Å²) in [5.74, 6) is 0.440. The molecule has 0 fully saturated rings. The number of ether oxygens (including phenoxy) is 13. The fraction of sp³-hybridized carbons (Fsp3) is 0.192. The Bertz CT molecular complexity index is 3720. The quantitative estimate of drug-likeness (QED) is 0.0121. The summed E-state index contributed by atoms with van der Waals surface area (Å²) in [6.07, 6.45) is 6.54. The summed E-state index contributed by atoms with van der Waals surface area (Å²) in [7, 11) is 1.57. The largest absolute Gasteiger partial charge is 0.497 e. The second-order valence-electron chi connectivity index (χ2n) is 19.2. The van der Waals surface area contributed by atoms with Crippen molar-refractivity contribution in [3.05, 3.63) is 248 Å². The van der Waals surface area contributed by atoms with Crippen molar-refractivity contribution < 1.29 is 99.9 Å². The van der Waals surface area contributed by atoms with Crippen LogP contribution in [0.5, 0.6) is 51.7 Å². The smallest absolute Gasteiger partial charge is 0.343 e. The summed E-state index contributed by atoms with van der Waals surface area (Å²) in [5.41, 5.74) is 2.52. The van der Waals surface area contributed by atoms with Crippen molar-refractivity contribution >= 4 is 47.8 Å². The molecule has 0 spiro atoms. The van der Waals surface area contributed by atoms with E-state index in [9.17, 15) is 38.4 Å². The van der Waals surface area contributed by atoms with Gasteiger partial charge in [0.15, 0.2) is 0 Å². The average Bonchev–Trinajstić information content (AvgIpc) is 1.05. The first-order valence-electron chi connectivity index (χ1n) is 29.2. The number of esters is 8. The third kappa shape index (κ3) is 27.8. The zero-order valence-corrected chi connectivity index (χ0v) is 52.2. The first-order chi connectivity index (χ1) is 46.0. The van der Waals surface area contributed by atoms with Gasteiger partial charge in [-0.2, -0.15) is 5.26 Å². The number of carbonyl (C=O) groups is 8. The number of benzene rings is 7. The highest BCUT2D eigenvalue weighted by Gasteiger charge is 2.16. The SMILES string of the molecule is C=CC(=O)OCCCOc1ccc(C(=O)Oc2ccc(C#N)cc2)cc1.C=CC(=O)OCCCOc1ccc(C(=O)Oc2ccc(OC(=O)c3ccc(OCCCOC(=O)C=C)cc3)c(C)c2)cc1.C=CC(=O)OCCCOc1ccc(C(=O)Oc2ccc(OC)cc2)cc1. The predicted molar refractivity (Wildman–Crippen MR) is 346 cm³/mol. The van der Waals surface area contributed by atoms with Crippen molar-refractivity contribution in [3.8, 4) is 57.8 Å². The highest BCUT2D eigenvalue weighted by Crippen LogP contribution is 2.27. The number of hydrogen-bond acceptors (Lipinski definition) is 22.